The molecule has 0 spiro atoms. The quantitative estimate of drug-likeness (QED) is 0.507. The average molecular weight is 304 g/mol. The van der Waals surface area contributed by atoms with Crippen molar-refractivity contribution < 1.29 is 44.1 Å². The Morgan fingerprint density at radius 3 is 2.23 bits per heavy atom. The number of phenolic OH excluding ortho intramolecular Hbond substituents is 1. The Hall–Kier alpha value is -1.93. The van der Waals surface area contributed by atoms with E-state index in [4.69, 9.17) is 9.47 Å². The second kappa shape index (κ2) is 8.50. The van der Waals surface area contributed by atoms with Crippen LogP contribution in [-0.4, -0.2) is 19.3 Å². The third-order valence-electron chi connectivity index (χ3n) is 3.02. The number of phenols is 1. The summed E-state index contributed by atoms with van der Waals surface area (Å²) >= 11 is 0. The van der Waals surface area contributed by atoms with E-state index in [9.17, 15) is 10.4 Å². The van der Waals surface area contributed by atoms with E-state index in [-0.39, 0.29) is 35.3 Å². The van der Waals surface area contributed by atoms with Gasteiger partial charge in [0.15, 0.2) is 11.5 Å². The standard InChI is InChI=1S/C17H15NO3.Na/c1-20-16-8-5-13(10-17(16)21-2)14(11-18)9-12-3-6-15(19)7-4-12;/h3-10,19H,1-2H3;/q;+1/b14-9+;. The summed E-state index contributed by atoms with van der Waals surface area (Å²) in [5.74, 6) is 1.38. The van der Waals surface area contributed by atoms with Crippen molar-refractivity contribution in [3.63, 3.8) is 0 Å². The van der Waals surface area contributed by atoms with E-state index >= 15 is 0 Å². The van der Waals surface area contributed by atoms with Crippen LogP contribution in [0.25, 0.3) is 11.6 Å². The molecule has 2 aromatic rings. The molecule has 0 aliphatic rings. The summed E-state index contributed by atoms with van der Waals surface area (Å²) in [6, 6.07) is 14.1. The zero-order chi connectivity index (χ0) is 15.2. The molecular formula is C17H15NNaO3+. The zero-order valence-electron chi connectivity index (χ0n) is 12.8. The number of hydrogen-bond acceptors (Lipinski definition) is 4. The fourth-order valence-corrected chi connectivity index (χ4v) is 1.92. The van der Waals surface area contributed by atoms with E-state index in [1.807, 2.05) is 0 Å². The van der Waals surface area contributed by atoms with Crippen molar-refractivity contribution >= 4 is 11.6 Å². The number of nitrogens with zero attached hydrogens (tertiary/aromatic N) is 1. The monoisotopic (exact) mass is 304 g/mol. The molecule has 0 atom stereocenters. The maximum absolute atomic E-state index is 9.35. The Labute approximate surface area is 151 Å². The fraction of sp³-hybridized carbons (Fsp3) is 0.118. The predicted octanol–water partition coefficient (Wildman–Crippen LogP) is 0.478. The van der Waals surface area contributed by atoms with Crippen molar-refractivity contribution in [2.45, 2.75) is 0 Å². The van der Waals surface area contributed by atoms with Crippen molar-refractivity contribution in [2.24, 2.45) is 0 Å². The Balaban J connectivity index is 0.00000242. The summed E-state index contributed by atoms with van der Waals surface area (Å²) in [6.45, 7) is 0. The van der Waals surface area contributed by atoms with Gasteiger partial charge in [-0.2, -0.15) is 5.26 Å². The maximum Gasteiger partial charge on any atom is 1.00 e. The van der Waals surface area contributed by atoms with Gasteiger partial charge in [0.25, 0.3) is 0 Å². The summed E-state index contributed by atoms with van der Waals surface area (Å²) in [4.78, 5) is 0. The topological polar surface area (TPSA) is 62.5 Å². The summed E-state index contributed by atoms with van der Waals surface area (Å²) in [5.41, 5.74) is 2.07. The molecule has 0 bridgehead atoms. The summed E-state index contributed by atoms with van der Waals surface area (Å²) in [5, 5.41) is 18.6. The van der Waals surface area contributed by atoms with Crippen molar-refractivity contribution in [1.82, 2.24) is 0 Å². The first kappa shape index (κ1) is 18.1. The third-order valence-corrected chi connectivity index (χ3v) is 3.02. The molecule has 4 nitrogen and oxygen atoms in total. The van der Waals surface area contributed by atoms with E-state index in [1.54, 1.807) is 62.8 Å². The summed E-state index contributed by atoms with van der Waals surface area (Å²) in [7, 11) is 3.12. The third kappa shape index (κ3) is 4.28. The van der Waals surface area contributed by atoms with E-state index in [0.29, 0.717) is 17.1 Å². The maximum atomic E-state index is 9.35. The minimum atomic E-state index is 0. The molecule has 0 radical (unpaired) electrons. The number of allylic oxidation sites excluding steroid dienone is 1. The molecule has 0 aromatic heterocycles. The van der Waals surface area contributed by atoms with E-state index in [1.165, 1.54) is 0 Å². The van der Waals surface area contributed by atoms with Gasteiger partial charge < -0.3 is 14.6 Å². The van der Waals surface area contributed by atoms with Crippen molar-refractivity contribution in [2.75, 3.05) is 14.2 Å². The molecular weight excluding hydrogens is 289 g/mol. The molecule has 2 rings (SSSR count). The molecule has 22 heavy (non-hydrogen) atoms. The molecule has 0 saturated carbocycles. The van der Waals surface area contributed by atoms with Crippen LogP contribution < -0.4 is 39.0 Å². The number of nitriles is 1. The Morgan fingerprint density at radius 1 is 1.05 bits per heavy atom. The van der Waals surface area contributed by atoms with Crippen LogP contribution in [0.5, 0.6) is 17.2 Å². The Morgan fingerprint density at radius 2 is 1.68 bits per heavy atom. The van der Waals surface area contributed by atoms with Gasteiger partial charge in [0.2, 0.25) is 0 Å². The molecule has 1 N–H and O–H groups in total. The van der Waals surface area contributed by atoms with Crippen LogP contribution in [0.1, 0.15) is 11.1 Å². The molecule has 0 unspecified atom stereocenters. The van der Waals surface area contributed by atoms with Crippen molar-refractivity contribution in [3.05, 3.63) is 53.6 Å². The first-order chi connectivity index (χ1) is 10.2. The van der Waals surface area contributed by atoms with E-state index < -0.39 is 0 Å². The van der Waals surface area contributed by atoms with Crippen LogP contribution in [0.3, 0.4) is 0 Å². The fourth-order valence-electron chi connectivity index (χ4n) is 1.92. The van der Waals surface area contributed by atoms with Crippen LogP contribution >= 0.6 is 0 Å². The van der Waals surface area contributed by atoms with Gasteiger partial charge in [0, 0.05) is 0 Å². The normalized spacial score (nSPS) is 10.3. The Bertz CT molecular complexity index is 703. The van der Waals surface area contributed by atoms with Crippen LogP contribution in [0.2, 0.25) is 0 Å². The first-order valence-electron chi connectivity index (χ1n) is 6.31. The van der Waals surface area contributed by atoms with Gasteiger partial charge in [-0.1, -0.05) is 12.1 Å². The van der Waals surface area contributed by atoms with Crippen molar-refractivity contribution in [3.8, 4) is 23.3 Å². The van der Waals surface area contributed by atoms with Gasteiger partial charge in [-0.3, -0.25) is 0 Å². The largest absolute Gasteiger partial charge is 1.00 e. The average Bonchev–Trinajstić information content (AvgIpc) is 2.53. The number of hydrogen-bond donors (Lipinski definition) is 1. The SMILES string of the molecule is COc1ccc(/C(C#N)=C/c2ccc(O)cc2)cc1OC.[Na+]. The second-order valence-electron chi connectivity index (χ2n) is 4.33. The Kier molecular flexibility index (Phi) is 7.00. The smallest absolute Gasteiger partial charge is 0.508 e. The number of benzene rings is 2. The molecule has 0 aliphatic carbocycles. The molecule has 0 heterocycles. The molecule has 0 saturated heterocycles. The minimum absolute atomic E-state index is 0. The van der Waals surface area contributed by atoms with E-state index in [0.717, 1.165) is 11.1 Å². The van der Waals surface area contributed by atoms with Crippen LogP contribution in [0.15, 0.2) is 42.5 Å². The van der Waals surface area contributed by atoms with Gasteiger partial charge in [-0.05, 0) is 47.5 Å². The minimum Gasteiger partial charge on any atom is -0.508 e. The van der Waals surface area contributed by atoms with Gasteiger partial charge in [-0.15, -0.1) is 0 Å². The van der Waals surface area contributed by atoms with Crippen molar-refractivity contribution in [1.29, 1.82) is 5.26 Å². The number of rotatable bonds is 4. The zero-order valence-corrected chi connectivity index (χ0v) is 14.8. The molecule has 0 amide bonds. The number of ether oxygens (including phenoxy) is 2. The summed E-state index contributed by atoms with van der Waals surface area (Å²) in [6.07, 6.45) is 1.75. The number of methoxy groups -OCH3 is 2. The van der Waals surface area contributed by atoms with Gasteiger partial charge >= 0.3 is 29.6 Å². The summed E-state index contributed by atoms with van der Waals surface area (Å²) < 4.78 is 10.4. The molecule has 106 valence electrons. The van der Waals surface area contributed by atoms with Crippen LogP contribution in [0.4, 0.5) is 0 Å². The van der Waals surface area contributed by atoms with Gasteiger partial charge in [0.05, 0.1) is 25.9 Å². The predicted molar refractivity (Wildman–Crippen MR) is 81.1 cm³/mol. The first-order valence-corrected chi connectivity index (χ1v) is 6.31. The number of aromatic hydroxyl groups is 1. The molecule has 0 aliphatic heterocycles. The molecule has 5 heteroatoms. The molecule has 0 fully saturated rings. The van der Waals surface area contributed by atoms with Gasteiger partial charge in [0.1, 0.15) is 5.75 Å². The second-order valence-corrected chi connectivity index (χ2v) is 4.33. The van der Waals surface area contributed by atoms with Gasteiger partial charge in [-0.25, -0.2) is 0 Å². The molecule has 2 aromatic carbocycles. The van der Waals surface area contributed by atoms with Crippen LogP contribution in [-0.2, 0) is 0 Å². The van der Waals surface area contributed by atoms with E-state index in [2.05, 4.69) is 6.07 Å². The van der Waals surface area contributed by atoms with Crippen LogP contribution in [0, 0.1) is 11.3 Å².